The van der Waals surface area contributed by atoms with Gasteiger partial charge in [0.1, 0.15) is 14.1 Å². The van der Waals surface area contributed by atoms with Crippen molar-refractivity contribution in [2.24, 2.45) is 33.3 Å². The van der Waals surface area contributed by atoms with Crippen molar-refractivity contribution in [1.29, 1.82) is 0 Å². The zero-order valence-corrected chi connectivity index (χ0v) is 12.5. The van der Waals surface area contributed by atoms with E-state index < -0.39 is 0 Å². The Morgan fingerprint density at radius 3 is 1.95 bits per heavy atom. The number of nitrogens with zero attached hydrogens (tertiary/aromatic N) is 10. The summed E-state index contributed by atoms with van der Waals surface area (Å²) in [5.41, 5.74) is 0. The molecule has 0 aliphatic carbocycles. The van der Waals surface area contributed by atoms with Crippen LogP contribution in [0.1, 0.15) is 5.82 Å². The molecule has 0 bridgehead atoms. The summed E-state index contributed by atoms with van der Waals surface area (Å²) >= 11 is 0. The summed E-state index contributed by atoms with van der Waals surface area (Å²) in [5.74, 6) is 1.66. The largest absolute Gasteiger partial charge is 0.573 e. The maximum atomic E-state index is 4.28. The van der Waals surface area contributed by atoms with Crippen molar-refractivity contribution in [3.8, 4) is 0 Å². The maximum Gasteiger partial charge on any atom is 0.573 e. The second-order valence-corrected chi connectivity index (χ2v) is 4.37. The molecular formula is C10H18N10+4. The van der Waals surface area contributed by atoms with Crippen LogP contribution in [0.5, 0.6) is 0 Å². The van der Waals surface area contributed by atoms with Gasteiger partial charge in [0.05, 0.1) is 24.2 Å². The molecule has 104 valence electrons. The number of aryl methyl sites for hydroxylation is 4. The van der Waals surface area contributed by atoms with Crippen LogP contribution >= 0.6 is 0 Å². The quantitative estimate of drug-likeness (QED) is 0.328. The van der Waals surface area contributed by atoms with Gasteiger partial charge in [-0.05, 0) is 9.36 Å². The van der Waals surface area contributed by atoms with Gasteiger partial charge in [0.15, 0.2) is 24.3 Å². The molecule has 0 saturated heterocycles. The third-order valence-corrected chi connectivity index (χ3v) is 2.71. The molecular weight excluding hydrogens is 260 g/mol. The van der Waals surface area contributed by atoms with E-state index in [9.17, 15) is 0 Å². The summed E-state index contributed by atoms with van der Waals surface area (Å²) in [7, 11) is 8.94. The van der Waals surface area contributed by atoms with E-state index in [1.807, 2.05) is 21.0 Å². The van der Waals surface area contributed by atoms with Crippen LogP contribution in [0.3, 0.4) is 0 Å². The first-order valence-electron chi connectivity index (χ1n) is 5.97. The maximum absolute atomic E-state index is 4.28. The van der Waals surface area contributed by atoms with Gasteiger partial charge in [0, 0.05) is 0 Å². The minimum atomic E-state index is 0.324. The molecule has 0 unspecified atom stereocenters. The van der Waals surface area contributed by atoms with E-state index in [-0.39, 0.29) is 0 Å². The zero-order valence-electron chi connectivity index (χ0n) is 12.5. The number of rotatable bonds is 2. The van der Waals surface area contributed by atoms with E-state index in [4.69, 9.17) is 0 Å². The second-order valence-electron chi connectivity index (χ2n) is 4.37. The highest BCUT2D eigenvalue weighted by molar-refractivity contribution is 5.01. The number of azo groups is 2. The molecule has 0 aliphatic rings. The van der Waals surface area contributed by atoms with E-state index in [1.54, 1.807) is 30.5 Å². The lowest BCUT2D eigenvalue weighted by Gasteiger charge is -1.92. The summed E-state index contributed by atoms with van der Waals surface area (Å²) in [6.07, 6.45) is 2.86. The van der Waals surface area contributed by atoms with Crippen LogP contribution < -0.4 is 18.7 Å². The molecule has 0 fully saturated rings. The molecule has 0 radical (unpaired) electrons. The smallest absolute Gasteiger partial charge is 0.131 e. The minimum absolute atomic E-state index is 0.324. The lowest BCUT2D eigenvalue weighted by Crippen LogP contribution is -2.52. The molecule has 2 rings (SSSR count). The molecule has 10 heteroatoms. The molecule has 2 aromatic rings. The third-order valence-electron chi connectivity index (χ3n) is 2.71. The standard InChI is InChI=1S/C10H18N10/c1-8-18(4)11-9(12-19(8)5)13-20(6)10-14-16(2)7-17(3)15-10/h1-6H3/q+4. The first-order valence-corrected chi connectivity index (χ1v) is 5.97. The molecule has 0 amide bonds. The molecule has 0 saturated carbocycles. The Morgan fingerprint density at radius 2 is 1.45 bits per heavy atom. The Balaban J connectivity index is 2.44. The van der Waals surface area contributed by atoms with Gasteiger partial charge in [-0.1, -0.05) is 5.11 Å². The molecule has 2 aromatic heterocycles. The van der Waals surface area contributed by atoms with Crippen molar-refractivity contribution in [2.45, 2.75) is 6.92 Å². The predicted molar refractivity (Wildman–Crippen MR) is 60.3 cm³/mol. The van der Waals surface area contributed by atoms with Gasteiger partial charge < -0.3 is 0 Å². The normalized spacial score (nSPS) is 11.8. The van der Waals surface area contributed by atoms with Gasteiger partial charge in [-0.2, -0.15) is 0 Å². The highest BCUT2D eigenvalue weighted by Gasteiger charge is 2.23. The van der Waals surface area contributed by atoms with E-state index in [0.29, 0.717) is 11.9 Å². The van der Waals surface area contributed by atoms with Crippen LogP contribution in [0.15, 0.2) is 5.11 Å². The van der Waals surface area contributed by atoms with Crippen molar-refractivity contribution in [3.63, 3.8) is 0 Å². The summed E-state index contributed by atoms with van der Waals surface area (Å²) in [5, 5.41) is 21.1. The van der Waals surface area contributed by atoms with Crippen molar-refractivity contribution < 1.29 is 23.4 Å². The fourth-order valence-electron chi connectivity index (χ4n) is 1.53. The number of hydrogen-bond acceptors (Lipinski definition) is 5. The lowest BCUT2D eigenvalue weighted by atomic mass is 10.7. The molecule has 0 aromatic carbocycles. The SMILES string of the molecule is Cc1[n+](C)nc(N=[N+](C)c2n[n+](C)[c-][n+](C)n2)n[n+]1C. The molecule has 0 N–H and O–H groups in total. The fourth-order valence-corrected chi connectivity index (χ4v) is 1.53. The van der Waals surface area contributed by atoms with Crippen LogP contribution in [-0.2, 0) is 28.2 Å². The Labute approximate surface area is 116 Å². The molecule has 0 aliphatic heterocycles. The van der Waals surface area contributed by atoms with Gasteiger partial charge in [0.2, 0.25) is 6.33 Å². The monoisotopic (exact) mass is 278 g/mol. The highest BCUT2D eigenvalue weighted by Crippen LogP contribution is 2.02. The molecule has 0 spiro atoms. The van der Waals surface area contributed by atoms with Gasteiger partial charge in [-0.25, -0.2) is 0 Å². The fraction of sp³-hybridized carbons (Fsp3) is 0.600. The van der Waals surface area contributed by atoms with Gasteiger partial charge in [-0.3, -0.25) is 0 Å². The topological polar surface area (TPSA) is 82.5 Å². The molecule has 20 heavy (non-hydrogen) atoms. The molecule has 0 atom stereocenters. The van der Waals surface area contributed by atoms with Crippen LogP contribution in [0.4, 0.5) is 11.9 Å². The third kappa shape index (κ3) is 2.90. The first kappa shape index (κ1) is 13.9. The average molecular weight is 278 g/mol. The molecule has 2 heterocycles. The minimum Gasteiger partial charge on any atom is -0.131 e. The summed E-state index contributed by atoms with van der Waals surface area (Å²) in [4.78, 5) is 0. The Bertz CT molecular complexity index is 649. The lowest BCUT2D eigenvalue weighted by molar-refractivity contribution is -0.875. The average Bonchev–Trinajstić information content (AvgIpc) is 2.34. The van der Waals surface area contributed by atoms with E-state index in [2.05, 4.69) is 31.8 Å². The van der Waals surface area contributed by atoms with Crippen LogP contribution in [0, 0.1) is 13.3 Å². The predicted octanol–water partition coefficient (Wildman–Crippen LogP) is -3.27. The summed E-state index contributed by atoms with van der Waals surface area (Å²) in [6, 6.07) is 0. The van der Waals surface area contributed by atoms with Crippen molar-refractivity contribution in [3.05, 3.63) is 12.2 Å². The van der Waals surface area contributed by atoms with Crippen LogP contribution in [0.2, 0.25) is 0 Å². The second kappa shape index (κ2) is 5.23. The van der Waals surface area contributed by atoms with Gasteiger partial charge >= 0.3 is 17.7 Å². The van der Waals surface area contributed by atoms with E-state index >= 15 is 0 Å². The Morgan fingerprint density at radius 1 is 0.950 bits per heavy atom. The van der Waals surface area contributed by atoms with Gasteiger partial charge in [0.25, 0.3) is 0 Å². The summed E-state index contributed by atoms with van der Waals surface area (Å²) < 4.78 is 7.99. The zero-order chi connectivity index (χ0) is 14.9. The van der Waals surface area contributed by atoms with E-state index in [0.717, 1.165) is 5.82 Å². The van der Waals surface area contributed by atoms with Crippen molar-refractivity contribution in [2.75, 3.05) is 7.05 Å². The number of aromatic nitrogens is 8. The first-order chi connectivity index (χ1) is 9.36. The van der Waals surface area contributed by atoms with Crippen molar-refractivity contribution >= 4 is 11.9 Å². The highest BCUT2D eigenvalue weighted by atomic mass is 15.5. The Hall–Kier alpha value is -2.52. The summed E-state index contributed by atoms with van der Waals surface area (Å²) in [6.45, 7) is 1.92. The van der Waals surface area contributed by atoms with E-state index in [1.165, 1.54) is 14.1 Å². The van der Waals surface area contributed by atoms with Crippen LogP contribution in [0.25, 0.3) is 0 Å². The van der Waals surface area contributed by atoms with Crippen molar-refractivity contribution in [1.82, 2.24) is 20.4 Å². The molecule has 10 nitrogen and oxygen atoms in total. The number of hydrogen-bond donors (Lipinski definition) is 0. The van der Waals surface area contributed by atoms with Crippen LogP contribution in [-0.4, -0.2) is 32.1 Å². The van der Waals surface area contributed by atoms with Gasteiger partial charge in [-0.15, -0.1) is 14.1 Å². The Kier molecular flexibility index (Phi) is 3.63.